The highest BCUT2D eigenvalue weighted by atomic mass is 31.2. The van der Waals surface area contributed by atoms with Crippen molar-refractivity contribution in [3.05, 3.63) is 88.2 Å². The predicted octanol–water partition coefficient (Wildman–Crippen LogP) is 4.74. The van der Waals surface area contributed by atoms with Crippen molar-refractivity contribution in [2.45, 2.75) is 44.9 Å². The molecule has 1 aliphatic rings. The zero-order valence-electron chi connectivity index (χ0n) is 17.2. The SMILES string of the molecule is C[C@@H](NP(OC1=CC[C@@H]([N+](=O)[O-])CC1)Oc1ccccc1)C(=O)OCc1ccccc1. The second-order valence-electron chi connectivity index (χ2n) is 7.08. The minimum atomic E-state index is -1.72. The summed E-state index contributed by atoms with van der Waals surface area (Å²) in [7, 11) is -1.72. The average Bonchev–Trinajstić information content (AvgIpc) is 2.79. The van der Waals surface area contributed by atoms with Crippen molar-refractivity contribution in [3.63, 3.8) is 0 Å². The van der Waals surface area contributed by atoms with E-state index in [0.717, 1.165) is 5.56 Å². The number of nitrogens with zero attached hydrogens (tertiary/aromatic N) is 1. The summed E-state index contributed by atoms with van der Waals surface area (Å²) in [6, 6.07) is 17.3. The molecule has 31 heavy (non-hydrogen) atoms. The molecule has 0 radical (unpaired) electrons. The highest BCUT2D eigenvalue weighted by Gasteiger charge is 2.28. The predicted molar refractivity (Wildman–Crippen MR) is 117 cm³/mol. The lowest BCUT2D eigenvalue weighted by Gasteiger charge is -2.24. The van der Waals surface area contributed by atoms with Gasteiger partial charge in [0.25, 0.3) is 0 Å². The molecule has 0 saturated carbocycles. The highest BCUT2D eigenvalue weighted by molar-refractivity contribution is 7.45. The first-order valence-electron chi connectivity index (χ1n) is 10.0. The van der Waals surface area contributed by atoms with Crippen LogP contribution in [0.5, 0.6) is 5.75 Å². The Labute approximate surface area is 182 Å². The number of rotatable bonds is 10. The zero-order chi connectivity index (χ0) is 22.1. The number of hydrogen-bond acceptors (Lipinski definition) is 7. The molecule has 9 heteroatoms. The summed E-state index contributed by atoms with van der Waals surface area (Å²) in [5.74, 6) is 0.783. The van der Waals surface area contributed by atoms with Gasteiger partial charge >= 0.3 is 14.5 Å². The van der Waals surface area contributed by atoms with Crippen molar-refractivity contribution in [2.75, 3.05) is 0 Å². The zero-order valence-corrected chi connectivity index (χ0v) is 18.1. The van der Waals surface area contributed by atoms with Crippen LogP contribution in [0, 0.1) is 10.1 Å². The van der Waals surface area contributed by atoms with E-state index in [0.29, 0.717) is 30.8 Å². The normalized spacial score (nSPS) is 17.7. The van der Waals surface area contributed by atoms with Crippen LogP contribution >= 0.6 is 8.53 Å². The van der Waals surface area contributed by atoms with Crippen LogP contribution in [0.2, 0.25) is 0 Å². The van der Waals surface area contributed by atoms with Crippen molar-refractivity contribution in [2.24, 2.45) is 0 Å². The van der Waals surface area contributed by atoms with Gasteiger partial charge in [0.1, 0.15) is 24.2 Å². The van der Waals surface area contributed by atoms with Gasteiger partial charge in [-0.25, -0.2) is 5.09 Å². The Morgan fingerprint density at radius 1 is 1.16 bits per heavy atom. The van der Waals surface area contributed by atoms with E-state index in [-0.39, 0.29) is 11.5 Å². The molecule has 0 fully saturated rings. The van der Waals surface area contributed by atoms with E-state index in [9.17, 15) is 14.9 Å². The van der Waals surface area contributed by atoms with Crippen LogP contribution < -0.4 is 9.61 Å². The molecule has 0 amide bonds. The first-order valence-corrected chi connectivity index (χ1v) is 11.2. The van der Waals surface area contributed by atoms with Gasteiger partial charge in [-0.1, -0.05) is 48.5 Å². The van der Waals surface area contributed by atoms with E-state index in [4.69, 9.17) is 13.8 Å². The topological polar surface area (TPSA) is 99.9 Å². The molecule has 3 rings (SSSR count). The molecule has 0 aliphatic heterocycles. The Morgan fingerprint density at radius 3 is 2.45 bits per heavy atom. The summed E-state index contributed by atoms with van der Waals surface area (Å²) in [5, 5.41) is 14.0. The van der Waals surface area contributed by atoms with Gasteiger partial charge < -0.3 is 13.8 Å². The summed E-state index contributed by atoms with van der Waals surface area (Å²) in [6.07, 6.45) is 2.88. The number of hydrogen-bond donors (Lipinski definition) is 1. The summed E-state index contributed by atoms with van der Waals surface area (Å²) >= 11 is 0. The fourth-order valence-corrected chi connectivity index (χ4v) is 4.15. The number of para-hydroxylation sites is 1. The Morgan fingerprint density at radius 2 is 1.84 bits per heavy atom. The Balaban J connectivity index is 1.60. The van der Waals surface area contributed by atoms with Gasteiger partial charge in [-0.05, 0) is 30.7 Å². The molecule has 0 heterocycles. The third-order valence-electron chi connectivity index (χ3n) is 4.65. The molecule has 0 aromatic heterocycles. The quantitative estimate of drug-likeness (QED) is 0.244. The van der Waals surface area contributed by atoms with Crippen molar-refractivity contribution >= 4 is 14.5 Å². The lowest BCUT2D eigenvalue weighted by atomic mass is 10.0. The lowest BCUT2D eigenvalue weighted by molar-refractivity contribution is -0.523. The largest absolute Gasteiger partial charge is 0.460 e. The number of nitrogens with one attached hydrogen (secondary N) is 1. The van der Waals surface area contributed by atoms with E-state index in [1.54, 1.807) is 25.1 Å². The molecular formula is C22H25N2O6P. The Bertz CT molecular complexity index is 893. The third kappa shape index (κ3) is 7.35. The number of allylic oxidation sites excluding steroid dienone is 1. The fourth-order valence-electron chi connectivity index (χ4n) is 2.89. The maximum atomic E-state index is 12.4. The van der Waals surface area contributed by atoms with Crippen LogP contribution in [0.25, 0.3) is 0 Å². The van der Waals surface area contributed by atoms with Crippen molar-refractivity contribution in [1.82, 2.24) is 5.09 Å². The number of carbonyl (C=O) groups is 1. The van der Waals surface area contributed by atoms with E-state index < -0.39 is 26.6 Å². The van der Waals surface area contributed by atoms with E-state index >= 15 is 0 Å². The molecule has 2 aromatic carbocycles. The van der Waals surface area contributed by atoms with Crippen LogP contribution in [-0.4, -0.2) is 23.0 Å². The van der Waals surface area contributed by atoms with E-state index in [1.807, 2.05) is 48.5 Å². The van der Waals surface area contributed by atoms with Gasteiger partial charge in [0.15, 0.2) is 0 Å². The molecule has 164 valence electrons. The molecule has 8 nitrogen and oxygen atoms in total. The Hall–Kier alpha value is -2.96. The number of benzene rings is 2. The van der Waals surface area contributed by atoms with Crippen molar-refractivity contribution < 1.29 is 23.5 Å². The number of esters is 1. The first-order chi connectivity index (χ1) is 15.0. The monoisotopic (exact) mass is 444 g/mol. The van der Waals surface area contributed by atoms with Gasteiger partial charge in [-0.3, -0.25) is 14.9 Å². The van der Waals surface area contributed by atoms with Gasteiger partial charge in [0.2, 0.25) is 6.04 Å². The molecule has 2 aromatic rings. The highest BCUT2D eigenvalue weighted by Crippen LogP contribution is 2.40. The standard InChI is InChI=1S/C22H25N2O6P/c1-17(22(25)28-16-18-8-4-2-5-9-18)23-31(29-20-10-6-3-7-11-20)30-21-14-12-19(13-15-21)24(26)27/h2-11,14,17,19,23H,12-13,15-16H2,1H3/t17-,19-,31?/m1/s1. The fraction of sp³-hybridized carbons (Fsp3) is 0.318. The van der Waals surface area contributed by atoms with Crippen molar-refractivity contribution in [1.29, 1.82) is 0 Å². The summed E-state index contributed by atoms with van der Waals surface area (Å²) in [6.45, 7) is 1.86. The van der Waals surface area contributed by atoms with Crippen LogP contribution in [-0.2, 0) is 20.7 Å². The minimum absolute atomic E-state index is 0.178. The summed E-state index contributed by atoms with van der Waals surface area (Å²) < 4.78 is 17.3. The number of ether oxygens (including phenoxy) is 1. The van der Waals surface area contributed by atoms with Crippen LogP contribution in [0.4, 0.5) is 0 Å². The molecule has 1 N–H and O–H groups in total. The second-order valence-corrected chi connectivity index (χ2v) is 8.22. The van der Waals surface area contributed by atoms with Crippen molar-refractivity contribution in [3.8, 4) is 5.75 Å². The van der Waals surface area contributed by atoms with Crippen LogP contribution in [0.3, 0.4) is 0 Å². The molecule has 3 atom stereocenters. The number of nitro groups is 1. The van der Waals surface area contributed by atoms with Gasteiger partial charge in [0.05, 0.1) is 0 Å². The molecule has 0 bridgehead atoms. The maximum Gasteiger partial charge on any atom is 0.382 e. The summed E-state index contributed by atoms with van der Waals surface area (Å²) in [5.41, 5.74) is 0.898. The lowest BCUT2D eigenvalue weighted by Crippen LogP contribution is -2.33. The molecule has 1 aliphatic carbocycles. The van der Waals surface area contributed by atoms with Crippen LogP contribution in [0.15, 0.2) is 72.5 Å². The first kappa shape index (κ1) is 22.7. The van der Waals surface area contributed by atoms with E-state index in [1.165, 1.54) is 0 Å². The molecule has 0 spiro atoms. The third-order valence-corrected chi connectivity index (χ3v) is 6.02. The maximum absolute atomic E-state index is 12.4. The molecule has 1 unspecified atom stereocenters. The van der Waals surface area contributed by atoms with Gasteiger partial charge in [-0.15, -0.1) is 0 Å². The Kier molecular flexibility index (Phi) is 8.38. The molecular weight excluding hydrogens is 419 g/mol. The minimum Gasteiger partial charge on any atom is -0.460 e. The average molecular weight is 444 g/mol. The molecule has 0 saturated heterocycles. The number of carbonyl (C=O) groups excluding carboxylic acids is 1. The van der Waals surface area contributed by atoms with Gasteiger partial charge in [0, 0.05) is 24.2 Å². The second kappa shape index (κ2) is 11.4. The van der Waals surface area contributed by atoms with Gasteiger partial charge in [-0.2, -0.15) is 0 Å². The smallest absolute Gasteiger partial charge is 0.382 e. The van der Waals surface area contributed by atoms with Crippen LogP contribution in [0.1, 0.15) is 31.7 Å². The summed E-state index contributed by atoms with van der Waals surface area (Å²) in [4.78, 5) is 23.1. The van der Waals surface area contributed by atoms with E-state index in [2.05, 4.69) is 5.09 Å².